The molecule has 0 spiro atoms. The molecule has 1 amide bonds. The largest absolute Gasteiger partial charge is 0.507 e. The minimum atomic E-state index is -0.557. The van der Waals surface area contributed by atoms with Gasteiger partial charge in [-0.1, -0.05) is 12.8 Å². The Bertz CT molecular complexity index is 461. The Labute approximate surface area is 117 Å². The summed E-state index contributed by atoms with van der Waals surface area (Å²) in [6.07, 6.45) is 4.13. The maximum absolute atomic E-state index is 13.0. The van der Waals surface area contributed by atoms with Gasteiger partial charge in [-0.25, -0.2) is 4.39 Å². The van der Waals surface area contributed by atoms with E-state index < -0.39 is 5.82 Å². The zero-order chi connectivity index (χ0) is 13.8. The Morgan fingerprint density at radius 3 is 2.68 bits per heavy atom. The van der Waals surface area contributed by atoms with Crippen LogP contribution >= 0.6 is 11.6 Å². The van der Waals surface area contributed by atoms with E-state index in [1.165, 1.54) is 12.1 Å². The van der Waals surface area contributed by atoms with Crippen LogP contribution < -0.4 is 0 Å². The quantitative estimate of drug-likeness (QED) is 0.863. The molecule has 1 aliphatic carbocycles. The lowest BCUT2D eigenvalue weighted by atomic mass is 10.1. The summed E-state index contributed by atoms with van der Waals surface area (Å²) in [5, 5.41) is 9.70. The molecule has 5 heteroatoms. The topological polar surface area (TPSA) is 40.5 Å². The molecule has 1 fully saturated rings. The first-order chi connectivity index (χ1) is 9.13. The third kappa shape index (κ3) is 3.18. The Hall–Kier alpha value is -1.29. The Morgan fingerprint density at radius 1 is 1.42 bits per heavy atom. The third-order valence-electron chi connectivity index (χ3n) is 3.54. The molecule has 0 heterocycles. The fourth-order valence-corrected chi connectivity index (χ4v) is 2.78. The zero-order valence-corrected chi connectivity index (χ0v) is 11.4. The lowest BCUT2D eigenvalue weighted by Crippen LogP contribution is -2.40. The van der Waals surface area contributed by atoms with Gasteiger partial charge in [-0.05, 0) is 25.0 Å². The van der Waals surface area contributed by atoms with Crippen molar-refractivity contribution in [2.45, 2.75) is 31.7 Å². The molecule has 0 bridgehead atoms. The lowest BCUT2D eigenvalue weighted by Gasteiger charge is -2.28. The normalized spacial score (nSPS) is 15.7. The highest BCUT2D eigenvalue weighted by atomic mass is 35.5. The molecule has 0 aliphatic heterocycles. The van der Waals surface area contributed by atoms with E-state index in [-0.39, 0.29) is 23.3 Å². The van der Waals surface area contributed by atoms with Crippen LogP contribution in [0.5, 0.6) is 5.75 Å². The highest BCUT2D eigenvalue weighted by molar-refractivity contribution is 6.18. The van der Waals surface area contributed by atoms with Crippen LogP contribution in [0.3, 0.4) is 0 Å². The van der Waals surface area contributed by atoms with Crippen LogP contribution in [0.15, 0.2) is 18.2 Å². The number of carbonyl (C=O) groups excluding carboxylic acids is 1. The minimum absolute atomic E-state index is 0.137. The highest BCUT2D eigenvalue weighted by Gasteiger charge is 2.28. The summed E-state index contributed by atoms with van der Waals surface area (Å²) < 4.78 is 13.0. The molecule has 0 saturated heterocycles. The fourth-order valence-electron chi connectivity index (χ4n) is 2.60. The van der Waals surface area contributed by atoms with Gasteiger partial charge in [-0.2, -0.15) is 0 Å². The van der Waals surface area contributed by atoms with Gasteiger partial charge in [-0.15, -0.1) is 11.6 Å². The maximum atomic E-state index is 13.0. The number of hydrogen-bond donors (Lipinski definition) is 1. The van der Waals surface area contributed by atoms with Crippen molar-refractivity contribution in [2.24, 2.45) is 0 Å². The number of phenolic OH excluding ortho intramolecular Hbond substituents is 1. The number of carbonyl (C=O) groups is 1. The van der Waals surface area contributed by atoms with Gasteiger partial charge < -0.3 is 10.0 Å². The van der Waals surface area contributed by atoms with Gasteiger partial charge in [0, 0.05) is 24.5 Å². The predicted octanol–water partition coefficient (Wildman–Crippen LogP) is 3.15. The van der Waals surface area contributed by atoms with E-state index in [1.807, 2.05) is 0 Å². The van der Waals surface area contributed by atoms with Crippen molar-refractivity contribution < 1.29 is 14.3 Å². The van der Waals surface area contributed by atoms with Crippen molar-refractivity contribution in [1.29, 1.82) is 0 Å². The molecule has 0 unspecified atom stereocenters. The molecule has 0 radical (unpaired) electrons. The van der Waals surface area contributed by atoms with Crippen LogP contribution in [0.4, 0.5) is 4.39 Å². The average molecular weight is 286 g/mol. The number of phenols is 1. The van der Waals surface area contributed by atoms with Crippen molar-refractivity contribution >= 4 is 17.5 Å². The van der Waals surface area contributed by atoms with E-state index in [9.17, 15) is 14.3 Å². The Balaban J connectivity index is 2.22. The Morgan fingerprint density at radius 2 is 2.11 bits per heavy atom. The van der Waals surface area contributed by atoms with E-state index in [0.717, 1.165) is 31.7 Å². The smallest absolute Gasteiger partial charge is 0.257 e. The monoisotopic (exact) mass is 285 g/mol. The van der Waals surface area contributed by atoms with Crippen molar-refractivity contribution in [2.75, 3.05) is 12.4 Å². The van der Waals surface area contributed by atoms with Gasteiger partial charge in [0.15, 0.2) is 0 Å². The molecule has 0 aromatic heterocycles. The third-order valence-corrected chi connectivity index (χ3v) is 3.71. The molecule has 1 N–H and O–H groups in total. The number of alkyl halides is 1. The molecule has 1 aromatic carbocycles. The molecular formula is C14H17ClFNO2. The lowest BCUT2D eigenvalue weighted by molar-refractivity contribution is 0.0692. The van der Waals surface area contributed by atoms with Crippen LogP contribution in [0.2, 0.25) is 0 Å². The van der Waals surface area contributed by atoms with Gasteiger partial charge in [0.2, 0.25) is 0 Å². The van der Waals surface area contributed by atoms with Gasteiger partial charge in [-0.3, -0.25) is 4.79 Å². The number of nitrogens with zero attached hydrogens (tertiary/aromatic N) is 1. The first kappa shape index (κ1) is 14.1. The summed E-state index contributed by atoms with van der Waals surface area (Å²) in [6.45, 7) is 0.446. The molecule has 2 rings (SSSR count). The van der Waals surface area contributed by atoms with Crippen LogP contribution in [-0.4, -0.2) is 34.4 Å². The minimum Gasteiger partial charge on any atom is -0.507 e. The highest BCUT2D eigenvalue weighted by Crippen LogP contribution is 2.27. The number of benzene rings is 1. The van der Waals surface area contributed by atoms with Crippen LogP contribution in [0.1, 0.15) is 36.0 Å². The van der Waals surface area contributed by atoms with E-state index in [4.69, 9.17) is 11.6 Å². The Kier molecular flexibility index (Phi) is 4.64. The van der Waals surface area contributed by atoms with Crippen molar-refractivity contribution in [3.63, 3.8) is 0 Å². The standard InChI is InChI=1S/C14H17ClFNO2/c15-7-8-17(11-3-1-2-4-11)14(19)12-6-5-10(16)9-13(12)18/h5-6,9,11,18H,1-4,7-8H2. The van der Waals surface area contributed by atoms with E-state index in [1.54, 1.807) is 4.90 Å². The summed E-state index contributed by atoms with van der Waals surface area (Å²) in [6, 6.07) is 3.64. The molecule has 1 saturated carbocycles. The van der Waals surface area contributed by atoms with Gasteiger partial charge in [0.1, 0.15) is 11.6 Å². The zero-order valence-electron chi connectivity index (χ0n) is 10.6. The molecule has 0 atom stereocenters. The van der Waals surface area contributed by atoms with Crippen molar-refractivity contribution in [1.82, 2.24) is 4.90 Å². The number of hydrogen-bond acceptors (Lipinski definition) is 2. The van der Waals surface area contributed by atoms with E-state index >= 15 is 0 Å². The second-order valence-electron chi connectivity index (χ2n) is 4.79. The molecular weight excluding hydrogens is 269 g/mol. The second kappa shape index (κ2) is 6.24. The first-order valence-corrected chi connectivity index (χ1v) is 7.02. The number of amides is 1. The van der Waals surface area contributed by atoms with Crippen LogP contribution in [0.25, 0.3) is 0 Å². The van der Waals surface area contributed by atoms with E-state index in [0.29, 0.717) is 12.4 Å². The van der Waals surface area contributed by atoms with Gasteiger partial charge in [0.25, 0.3) is 5.91 Å². The van der Waals surface area contributed by atoms with Crippen molar-refractivity contribution in [3.8, 4) is 5.75 Å². The van der Waals surface area contributed by atoms with Crippen LogP contribution in [0, 0.1) is 5.82 Å². The number of aromatic hydroxyl groups is 1. The van der Waals surface area contributed by atoms with Gasteiger partial charge >= 0.3 is 0 Å². The summed E-state index contributed by atoms with van der Waals surface area (Å²) >= 11 is 5.75. The van der Waals surface area contributed by atoms with Crippen molar-refractivity contribution in [3.05, 3.63) is 29.6 Å². The summed E-state index contributed by atoms with van der Waals surface area (Å²) in [5.74, 6) is -0.795. The van der Waals surface area contributed by atoms with Crippen LogP contribution in [-0.2, 0) is 0 Å². The molecule has 19 heavy (non-hydrogen) atoms. The number of rotatable bonds is 4. The molecule has 1 aromatic rings. The average Bonchev–Trinajstić information content (AvgIpc) is 2.89. The number of halogens is 2. The maximum Gasteiger partial charge on any atom is 0.257 e. The summed E-state index contributed by atoms with van der Waals surface area (Å²) in [7, 11) is 0. The fraction of sp³-hybridized carbons (Fsp3) is 0.500. The molecule has 1 aliphatic rings. The predicted molar refractivity (Wildman–Crippen MR) is 72.1 cm³/mol. The summed E-state index contributed by atoms with van der Waals surface area (Å²) in [4.78, 5) is 14.1. The second-order valence-corrected chi connectivity index (χ2v) is 5.17. The van der Waals surface area contributed by atoms with E-state index in [2.05, 4.69) is 0 Å². The summed E-state index contributed by atoms with van der Waals surface area (Å²) in [5.41, 5.74) is 0.137. The first-order valence-electron chi connectivity index (χ1n) is 6.49. The SMILES string of the molecule is O=C(c1ccc(F)cc1O)N(CCCl)C1CCCC1. The van der Waals surface area contributed by atoms with Gasteiger partial charge in [0.05, 0.1) is 5.56 Å². The molecule has 3 nitrogen and oxygen atoms in total. The molecule has 104 valence electrons.